The molecule has 0 fully saturated rings. The van der Waals surface area contributed by atoms with Gasteiger partial charge in [0.1, 0.15) is 0 Å². The summed E-state index contributed by atoms with van der Waals surface area (Å²) in [6.45, 7) is 1.84. The maximum absolute atomic E-state index is 5.93. The van der Waals surface area contributed by atoms with E-state index in [0.717, 1.165) is 5.75 Å². The molecule has 1 aromatic carbocycles. The lowest BCUT2D eigenvalue weighted by atomic mass is 10.0. The zero-order chi connectivity index (χ0) is 11.8. The Bertz CT molecular complexity index is 541. The third-order valence-electron chi connectivity index (χ3n) is 2.81. The summed E-state index contributed by atoms with van der Waals surface area (Å²) in [6.07, 6.45) is 0. The molecule has 0 saturated heterocycles. The van der Waals surface area contributed by atoms with E-state index in [1.807, 2.05) is 30.8 Å². The third-order valence-corrected chi connectivity index (χ3v) is 4.19. The summed E-state index contributed by atoms with van der Waals surface area (Å²) in [5, 5.41) is 3.69. The van der Waals surface area contributed by atoms with Gasteiger partial charge >= 0.3 is 0 Å². The van der Waals surface area contributed by atoms with Crippen LogP contribution in [0.15, 0.2) is 33.7 Å². The highest BCUT2D eigenvalue weighted by molar-refractivity contribution is 7.99. The predicted octanol–water partition coefficient (Wildman–Crippen LogP) is 3.61. The van der Waals surface area contributed by atoms with E-state index in [1.54, 1.807) is 0 Å². The van der Waals surface area contributed by atoms with Gasteiger partial charge in [-0.25, -0.2) is 0 Å². The van der Waals surface area contributed by atoms with Gasteiger partial charge in [0.2, 0.25) is 5.89 Å². The number of aromatic nitrogens is 2. The number of hydrogen-bond donors (Lipinski definition) is 0. The van der Waals surface area contributed by atoms with E-state index in [4.69, 9.17) is 16.1 Å². The first kappa shape index (κ1) is 11.1. The van der Waals surface area contributed by atoms with Gasteiger partial charge in [-0.05, 0) is 18.6 Å². The second-order valence-electron chi connectivity index (χ2n) is 4.01. The lowest BCUT2D eigenvalue weighted by molar-refractivity contribution is 0.367. The summed E-state index contributed by atoms with van der Waals surface area (Å²) in [5.41, 5.74) is 1.27. The minimum absolute atomic E-state index is 0.202. The molecule has 2 heterocycles. The van der Waals surface area contributed by atoms with Crippen LogP contribution in [0.3, 0.4) is 0 Å². The summed E-state index contributed by atoms with van der Waals surface area (Å²) >= 11 is 7.76. The molecule has 1 aromatic heterocycles. The lowest BCUT2D eigenvalue weighted by Crippen LogP contribution is -2.00. The molecular weight excluding hydrogens is 256 g/mol. The van der Waals surface area contributed by atoms with Gasteiger partial charge in [-0.1, -0.05) is 23.4 Å². The predicted molar refractivity (Wildman–Crippen MR) is 67.6 cm³/mol. The minimum atomic E-state index is -0.211. The molecule has 0 aliphatic carbocycles. The zero-order valence-electron chi connectivity index (χ0n) is 9.26. The van der Waals surface area contributed by atoms with Crippen molar-refractivity contribution in [3.05, 3.63) is 41.5 Å². The van der Waals surface area contributed by atoms with E-state index < -0.39 is 0 Å². The van der Waals surface area contributed by atoms with Crippen LogP contribution in [0.2, 0.25) is 0 Å². The molecule has 0 radical (unpaired) electrons. The fraction of sp³-hybridized carbons (Fsp3) is 0.333. The molecule has 5 heteroatoms. The zero-order valence-corrected chi connectivity index (χ0v) is 10.8. The maximum atomic E-state index is 5.93. The van der Waals surface area contributed by atoms with Gasteiger partial charge < -0.3 is 4.52 Å². The van der Waals surface area contributed by atoms with Crippen LogP contribution < -0.4 is 0 Å². The Labute approximate surface area is 109 Å². The van der Waals surface area contributed by atoms with Gasteiger partial charge in [-0.15, -0.1) is 23.4 Å². The van der Waals surface area contributed by atoms with Gasteiger partial charge in [0.05, 0.1) is 11.3 Å². The third kappa shape index (κ3) is 1.96. The van der Waals surface area contributed by atoms with Crippen molar-refractivity contribution in [2.24, 2.45) is 0 Å². The molecule has 0 amide bonds. The van der Waals surface area contributed by atoms with Crippen LogP contribution in [-0.4, -0.2) is 15.9 Å². The van der Waals surface area contributed by atoms with E-state index in [-0.39, 0.29) is 11.3 Å². The van der Waals surface area contributed by atoms with E-state index in [9.17, 15) is 0 Å². The molecule has 2 unspecified atom stereocenters. The van der Waals surface area contributed by atoms with Crippen molar-refractivity contribution >= 4 is 23.4 Å². The van der Waals surface area contributed by atoms with Gasteiger partial charge in [-0.2, -0.15) is 4.98 Å². The number of alkyl halides is 1. The van der Waals surface area contributed by atoms with Crippen LogP contribution in [0.4, 0.5) is 0 Å². The molecule has 0 bridgehead atoms. The van der Waals surface area contributed by atoms with Crippen molar-refractivity contribution in [2.45, 2.75) is 23.1 Å². The molecule has 3 nitrogen and oxygen atoms in total. The molecule has 0 spiro atoms. The van der Waals surface area contributed by atoms with Crippen molar-refractivity contribution in [3.63, 3.8) is 0 Å². The first-order chi connectivity index (χ1) is 8.25. The Balaban J connectivity index is 1.95. The van der Waals surface area contributed by atoms with Crippen molar-refractivity contribution in [3.8, 4) is 0 Å². The number of nitrogens with zero attached hydrogens (tertiary/aromatic N) is 2. The fourth-order valence-corrected chi connectivity index (χ4v) is 3.23. The summed E-state index contributed by atoms with van der Waals surface area (Å²) in [5.74, 6) is 2.39. The van der Waals surface area contributed by atoms with Crippen LogP contribution in [-0.2, 0) is 0 Å². The number of rotatable bonds is 2. The quantitative estimate of drug-likeness (QED) is 0.779. The minimum Gasteiger partial charge on any atom is -0.339 e. The number of hydrogen-bond acceptors (Lipinski definition) is 4. The van der Waals surface area contributed by atoms with Crippen molar-refractivity contribution in [1.29, 1.82) is 0 Å². The number of benzene rings is 1. The van der Waals surface area contributed by atoms with E-state index in [0.29, 0.717) is 11.7 Å². The van der Waals surface area contributed by atoms with Crippen molar-refractivity contribution in [1.82, 2.24) is 10.1 Å². The summed E-state index contributed by atoms with van der Waals surface area (Å²) in [4.78, 5) is 5.67. The number of thioether (sulfide) groups is 1. The standard InChI is InChI=1S/C12H11ClN2OS/c1-7(13)11-14-12(16-15-11)9-6-17-10-5-3-2-4-8(9)10/h2-5,7,9H,6H2,1H3. The average Bonchev–Trinajstić information content (AvgIpc) is 2.95. The van der Waals surface area contributed by atoms with Gasteiger partial charge in [0.15, 0.2) is 5.82 Å². The summed E-state index contributed by atoms with van der Waals surface area (Å²) in [7, 11) is 0. The monoisotopic (exact) mass is 266 g/mol. The second-order valence-corrected chi connectivity index (χ2v) is 5.72. The lowest BCUT2D eigenvalue weighted by Gasteiger charge is -2.03. The molecule has 0 saturated carbocycles. The van der Waals surface area contributed by atoms with Crippen LogP contribution in [0.1, 0.15) is 35.5 Å². The molecule has 0 N–H and O–H groups in total. The topological polar surface area (TPSA) is 38.9 Å². The SMILES string of the molecule is CC(Cl)c1noc(C2CSc3ccccc32)n1. The fourth-order valence-electron chi connectivity index (χ4n) is 1.92. The Morgan fingerprint density at radius 1 is 1.47 bits per heavy atom. The highest BCUT2D eigenvalue weighted by Gasteiger charge is 2.29. The average molecular weight is 267 g/mol. The molecule has 3 rings (SSSR count). The molecular formula is C12H11ClN2OS. The number of halogens is 1. The van der Waals surface area contributed by atoms with Gasteiger partial charge in [0, 0.05) is 10.6 Å². The van der Waals surface area contributed by atoms with Crippen LogP contribution in [0.5, 0.6) is 0 Å². The molecule has 2 aromatic rings. The summed E-state index contributed by atoms with van der Waals surface area (Å²) in [6, 6.07) is 8.34. The Morgan fingerprint density at radius 2 is 2.29 bits per heavy atom. The normalized spacial score (nSPS) is 20.2. The van der Waals surface area contributed by atoms with Crippen molar-refractivity contribution < 1.29 is 4.52 Å². The Morgan fingerprint density at radius 3 is 3.06 bits per heavy atom. The first-order valence-electron chi connectivity index (χ1n) is 5.45. The van der Waals surface area contributed by atoms with Crippen LogP contribution in [0, 0.1) is 0 Å². The molecule has 88 valence electrons. The second kappa shape index (κ2) is 4.35. The molecule has 1 aliphatic rings. The first-order valence-corrected chi connectivity index (χ1v) is 6.87. The molecule has 1 aliphatic heterocycles. The van der Waals surface area contributed by atoms with E-state index in [2.05, 4.69) is 22.3 Å². The van der Waals surface area contributed by atoms with E-state index >= 15 is 0 Å². The Hall–Kier alpha value is -1.00. The Kier molecular flexibility index (Phi) is 2.84. The highest BCUT2D eigenvalue weighted by atomic mass is 35.5. The highest BCUT2D eigenvalue weighted by Crippen LogP contribution is 2.42. The smallest absolute Gasteiger partial charge is 0.235 e. The number of fused-ring (bicyclic) bond motifs is 1. The van der Waals surface area contributed by atoms with Crippen LogP contribution in [0.25, 0.3) is 0 Å². The van der Waals surface area contributed by atoms with Gasteiger partial charge in [0.25, 0.3) is 0 Å². The summed E-state index contributed by atoms with van der Waals surface area (Å²) < 4.78 is 5.31. The molecule has 17 heavy (non-hydrogen) atoms. The van der Waals surface area contributed by atoms with Crippen LogP contribution >= 0.6 is 23.4 Å². The maximum Gasteiger partial charge on any atom is 0.235 e. The van der Waals surface area contributed by atoms with Gasteiger partial charge in [-0.3, -0.25) is 0 Å². The largest absolute Gasteiger partial charge is 0.339 e. The van der Waals surface area contributed by atoms with E-state index in [1.165, 1.54) is 10.5 Å². The van der Waals surface area contributed by atoms with Crippen molar-refractivity contribution in [2.75, 3.05) is 5.75 Å². The molecule has 2 atom stereocenters.